The third-order valence-electron chi connectivity index (χ3n) is 3.32. The Balaban J connectivity index is 2.26. The average molecular weight is 330 g/mol. The Morgan fingerprint density at radius 2 is 2.19 bits per heavy atom. The maximum absolute atomic E-state index is 12.7. The van der Waals surface area contributed by atoms with Crippen molar-refractivity contribution in [3.63, 3.8) is 0 Å². The van der Waals surface area contributed by atoms with Gasteiger partial charge in [-0.25, -0.2) is 0 Å². The molecule has 2 amide bonds. The van der Waals surface area contributed by atoms with E-state index in [0.717, 1.165) is 0 Å². The first-order chi connectivity index (χ1) is 10.0. The number of hydrogen-bond acceptors (Lipinski definition) is 3. The van der Waals surface area contributed by atoms with E-state index in [1.165, 1.54) is 6.07 Å². The summed E-state index contributed by atoms with van der Waals surface area (Å²) in [5, 5.41) is 6.64. The Kier molecular flexibility index (Phi) is 5.45. The van der Waals surface area contributed by atoms with E-state index in [0.29, 0.717) is 41.8 Å². The monoisotopic (exact) mass is 329 g/mol. The summed E-state index contributed by atoms with van der Waals surface area (Å²) in [6.07, 6.45) is 0. The van der Waals surface area contributed by atoms with Crippen LogP contribution in [0.5, 0.6) is 0 Å². The molecule has 21 heavy (non-hydrogen) atoms. The number of piperazine rings is 1. The van der Waals surface area contributed by atoms with Crippen molar-refractivity contribution in [1.82, 2.24) is 15.5 Å². The minimum atomic E-state index is -0.541. The molecule has 0 aliphatic carbocycles. The molecule has 5 nitrogen and oxygen atoms in total. The van der Waals surface area contributed by atoms with Gasteiger partial charge in [0.1, 0.15) is 6.04 Å². The van der Waals surface area contributed by atoms with Gasteiger partial charge in [-0.05, 0) is 25.1 Å². The van der Waals surface area contributed by atoms with E-state index in [1.54, 1.807) is 17.0 Å². The van der Waals surface area contributed by atoms with E-state index in [4.69, 9.17) is 23.2 Å². The van der Waals surface area contributed by atoms with Crippen molar-refractivity contribution in [1.29, 1.82) is 0 Å². The molecule has 7 heteroatoms. The van der Waals surface area contributed by atoms with Crippen molar-refractivity contribution in [3.05, 3.63) is 33.8 Å². The average Bonchev–Trinajstić information content (AvgIpc) is 2.49. The highest BCUT2D eigenvalue weighted by atomic mass is 35.5. The number of carbonyl (C=O) groups is 2. The van der Waals surface area contributed by atoms with Crippen molar-refractivity contribution in [2.75, 3.05) is 26.2 Å². The second-order valence-corrected chi connectivity index (χ2v) is 5.58. The molecule has 0 bridgehead atoms. The Bertz CT molecular complexity index is 551. The quantitative estimate of drug-likeness (QED) is 0.884. The van der Waals surface area contributed by atoms with Crippen LogP contribution in [0.4, 0.5) is 0 Å². The number of nitrogens with one attached hydrogen (secondary N) is 2. The summed E-state index contributed by atoms with van der Waals surface area (Å²) < 4.78 is 0. The first-order valence-corrected chi connectivity index (χ1v) is 7.54. The van der Waals surface area contributed by atoms with Gasteiger partial charge >= 0.3 is 0 Å². The minimum absolute atomic E-state index is 0.170. The molecule has 1 saturated heterocycles. The van der Waals surface area contributed by atoms with E-state index in [1.807, 2.05) is 6.92 Å². The van der Waals surface area contributed by atoms with Gasteiger partial charge in [-0.2, -0.15) is 0 Å². The van der Waals surface area contributed by atoms with Crippen LogP contribution in [0.25, 0.3) is 0 Å². The lowest BCUT2D eigenvalue weighted by Crippen LogP contribution is -2.59. The molecule has 0 spiro atoms. The molecule has 0 radical (unpaired) electrons. The molecular formula is C14H17Cl2N3O2. The second kappa shape index (κ2) is 7.11. The zero-order chi connectivity index (χ0) is 15.4. The second-order valence-electron chi connectivity index (χ2n) is 4.74. The smallest absolute Gasteiger partial charge is 0.256 e. The van der Waals surface area contributed by atoms with Crippen molar-refractivity contribution in [3.8, 4) is 0 Å². The molecule has 1 aromatic carbocycles. The highest BCUT2D eigenvalue weighted by Gasteiger charge is 2.33. The Morgan fingerprint density at radius 3 is 2.90 bits per heavy atom. The molecule has 1 unspecified atom stereocenters. The largest absolute Gasteiger partial charge is 0.355 e. The fraction of sp³-hybridized carbons (Fsp3) is 0.429. The summed E-state index contributed by atoms with van der Waals surface area (Å²) in [4.78, 5) is 26.3. The van der Waals surface area contributed by atoms with Crippen LogP contribution in [-0.4, -0.2) is 48.9 Å². The number of hydrogen-bond donors (Lipinski definition) is 2. The molecule has 1 atom stereocenters. The van der Waals surface area contributed by atoms with Gasteiger partial charge in [0, 0.05) is 31.2 Å². The third kappa shape index (κ3) is 3.67. The first kappa shape index (κ1) is 16.1. The van der Waals surface area contributed by atoms with E-state index < -0.39 is 6.04 Å². The van der Waals surface area contributed by atoms with Gasteiger partial charge < -0.3 is 15.5 Å². The number of rotatable bonds is 3. The SMILES string of the molecule is CCNC(=O)C1CNCCN1C(=O)c1cc(Cl)ccc1Cl. The number of amides is 2. The van der Waals surface area contributed by atoms with E-state index in [2.05, 4.69) is 10.6 Å². The topological polar surface area (TPSA) is 61.4 Å². The molecule has 1 aliphatic heterocycles. The van der Waals surface area contributed by atoms with Crippen molar-refractivity contribution >= 4 is 35.0 Å². The zero-order valence-corrected chi connectivity index (χ0v) is 13.2. The van der Waals surface area contributed by atoms with Crippen LogP contribution in [0.3, 0.4) is 0 Å². The summed E-state index contributed by atoms with van der Waals surface area (Å²) >= 11 is 12.0. The van der Waals surface area contributed by atoms with Crippen LogP contribution in [0.1, 0.15) is 17.3 Å². The summed E-state index contributed by atoms with van der Waals surface area (Å²) in [5.74, 6) is -0.448. The molecule has 1 aromatic rings. The Labute approximate surface area is 133 Å². The third-order valence-corrected chi connectivity index (χ3v) is 3.88. The maximum Gasteiger partial charge on any atom is 0.256 e. The molecule has 114 valence electrons. The summed E-state index contributed by atoms with van der Waals surface area (Å²) in [7, 11) is 0. The fourth-order valence-electron chi connectivity index (χ4n) is 2.29. The van der Waals surface area contributed by atoms with Gasteiger partial charge in [0.15, 0.2) is 0 Å². The Morgan fingerprint density at radius 1 is 1.43 bits per heavy atom. The molecule has 1 aliphatic rings. The van der Waals surface area contributed by atoms with Gasteiger partial charge in [0.25, 0.3) is 5.91 Å². The number of nitrogens with zero attached hydrogens (tertiary/aromatic N) is 1. The summed E-state index contributed by atoms with van der Waals surface area (Å²) in [6.45, 7) is 3.88. The maximum atomic E-state index is 12.7. The number of carbonyl (C=O) groups excluding carboxylic acids is 2. The normalized spacial score (nSPS) is 18.4. The van der Waals surface area contributed by atoms with Crippen LogP contribution >= 0.6 is 23.2 Å². The molecule has 1 heterocycles. The van der Waals surface area contributed by atoms with Crippen LogP contribution in [0.2, 0.25) is 10.0 Å². The van der Waals surface area contributed by atoms with Gasteiger partial charge in [-0.15, -0.1) is 0 Å². The van der Waals surface area contributed by atoms with Crippen LogP contribution in [0.15, 0.2) is 18.2 Å². The molecule has 2 N–H and O–H groups in total. The lowest BCUT2D eigenvalue weighted by molar-refractivity contribution is -0.126. The van der Waals surface area contributed by atoms with E-state index in [-0.39, 0.29) is 11.8 Å². The standard InChI is InChI=1S/C14H17Cl2N3O2/c1-2-18-13(20)12-8-17-5-6-19(12)14(21)10-7-9(15)3-4-11(10)16/h3-4,7,12,17H,2,5-6,8H2,1H3,(H,18,20). The van der Waals surface area contributed by atoms with Crippen LogP contribution in [-0.2, 0) is 4.79 Å². The summed E-state index contributed by atoms with van der Waals surface area (Å²) in [5.41, 5.74) is 0.320. The zero-order valence-electron chi connectivity index (χ0n) is 11.7. The van der Waals surface area contributed by atoms with Gasteiger partial charge in [-0.3, -0.25) is 9.59 Å². The van der Waals surface area contributed by atoms with Crippen LogP contribution in [0, 0.1) is 0 Å². The molecule has 0 aromatic heterocycles. The van der Waals surface area contributed by atoms with E-state index >= 15 is 0 Å². The molecule has 2 rings (SSSR count). The highest BCUT2D eigenvalue weighted by molar-refractivity contribution is 6.35. The predicted octanol–water partition coefficient (Wildman–Crippen LogP) is 1.54. The van der Waals surface area contributed by atoms with Crippen molar-refractivity contribution in [2.45, 2.75) is 13.0 Å². The molecule has 1 fully saturated rings. The van der Waals surface area contributed by atoms with Crippen molar-refractivity contribution in [2.24, 2.45) is 0 Å². The van der Waals surface area contributed by atoms with Gasteiger partial charge in [0.05, 0.1) is 10.6 Å². The molecule has 0 saturated carbocycles. The number of likely N-dealkylation sites (N-methyl/N-ethyl adjacent to an activating group) is 1. The highest BCUT2D eigenvalue weighted by Crippen LogP contribution is 2.23. The minimum Gasteiger partial charge on any atom is -0.355 e. The number of benzene rings is 1. The summed E-state index contributed by atoms with van der Waals surface area (Å²) in [6, 6.07) is 4.20. The fourth-order valence-corrected chi connectivity index (χ4v) is 2.66. The van der Waals surface area contributed by atoms with E-state index in [9.17, 15) is 9.59 Å². The lowest BCUT2D eigenvalue weighted by Gasteiger charge is -2.35. The lowest BCUT2D eigenvalue weighted by atomic mass is 10.1. The van der Waals surface area contributed by atoms with Crippen molar-refractivity contribution < 1.29 is 9.59 Å². The Hall–Kier alpha value is -1.30. The van der Waals surface area contributed by atoms with Gasteiger partial charge in [-0.1, -0.05) is 23.2 Å². The predicted molar refractivity (Wildman–Crippen MR) is 82.8 cm³/mol. The van der Waals surface area contributed by atoms with Crippen LogP contribution < -0.4 is 10.6 Å². The number of halogens is 2. The molecular weight excluding hydrogens is 313 g/mol. The first-order valence-electron chi connectivity index (χ1n) is 6.79. The van der Waals surface area contributed by atoms with Gasteiger partial charge in [0.2, 0.25) is 5.91 Å².